The Bertz CT molecular complexity index is 481. The lowest BCUT2D eigenvalue weighted by atomic mass is 10.2. The van der Waals surface area contributed by atoms with E-state index in [0.29, 0.717) is 13.0 Å². The fraction of sp³-hybridized carbons (Fsp3) is 0.364. The van der Waals surface area contributed by atoms with E-state index in [1.54, 1.807) is 18.2 Å². The third-order valence-electron chi connectivity index (χ3n) is 2.61. The van der Waals surface area contributed by atoms with Gasteiger partial charge in [0, 0.05) is 13.0 Å². The van der Waals surface area contributed by atoms with Crippen LogP contribution in [0.5, 0.6) is 0 Å². The van der Waals surface area contributed by atoms with E-state index in [1.165, 1.54) is 12.1 Å². The molecule has 0 bridgehead atoms. The average Bonchev–Trinajstić information content (AvgIpc) is 2.30. The summed E-state index contributed by atoms with van der Waals surface area (Å²) in [7, 11) is -3.63. The highest BCUT2D eigenvalue weighted by Crippen LogP contribution is 2.20. The zero-order chi connectivity index (χ0) is 11.6. The molecule has 0 aromatic heterocycles. The molecule has 0 radical (unpaired) electrons. The summed E-state index contributed by atoms with van der Waals surface area (Å²) >= 11 is 0. The maximum Gasteiger partial charge on any atom is 0.266 e. The van der Waals surface area contributed by atoms with Crippen LogP contribution in [0.4, 0.5) is 0 Å². The molecule has 0 spiro atoms. The monoisotopic (exact) mass is 239 g/mol. The summed E-state index contributed by atoms with van der Waals surface area (Å²) in [6, 6.07) is 8.08. The number of piperidine rings is 1. The summed E-state index contributed by atoms with van der Waals surface area (Å²) in [4.78, 5) is 11.7. The van der Waals surface area contributed by atoms with Crippen LogP contribution in [0.1, 0.15) is 19.3 Å². The van der Waals surface area contributed by atoms with Gasteiger partial charge in [-0.2, -0.15) is 0 Å². The molecule has 1 aromatic rings. The summed E-state index contributed by atoms with van der Waals surface area (Å²) < 4.78 is 25.2. The van der Waals surface area contributed by atoms with Crippen molar-refractivity contribution in [2.24, 2.45) is 0 Å². The highest BCUT2D eigenvalue weighted by molar-refractivity contribution is 7.89. The predicted molar refractivity (Wildman–Crippen MR) is 59.2 cm³/mol. The molecule has 4 nitrogen and oxygen atoms in total. The van der Waals surface area contributed by atoms with Crippen molar-refractivity contribution in [1.29, 1.82) is 0 Å². The molecule has 1 amide bonds. The van der Waals surface area contributed by atoms with Crippen LogP contribution in [0, 0.1) is 0 Å². The highest BCUT2D eigenvalue weighted by atomic mass is 32.2. The minimum Gasteiger partial charge on any atom is -0.274 e. The maximum atomic E-state index is 12.1. The van der Waals surface area contributed by atoms with Gasteiger partial charge < -0.3 is 0 Å². The SMILES string of the molecule is O=C1CCCCN1S(=O)(=O)c1ccccc1. The summed E-state index contributed by atoms with van der Waals surface area (Å²) in [5, 5.41) is 0. The van der Waals surface area contributed by atoms with Gasteiger partial charge in [-0.15, -0.1) is 0 Å². The fourth-order valence-electron chi connectivity index (χ4n) is 1.75. The minimum absolute atomic E-state index is 0.185. The third kappa shape index (κ3) is 1.95. The smallest absolute Gasteiger partial charge is 0.266 e. The Kier molecular flexibility index (Phi) is 2.96. The van der Waals surface area contributed by atoms with E-state index in [1.807, 2.05) is 0 Å². The van der Waals surface area contributed by atoms with Crippen molar-refractivity contribution >= 4 is 15.9 Å². The number of benzene rings is 1. The molecule has 0 atom stereocenters. The molecule has 1 fully saturated rings. The van der Waals surface area contributed by atoms with Crippen LogP contribution in [0.3, 0.4) is 0 Å². The molecule has 0 saturated carbocycles. The second-order valence-electron chi connectivity index (χ2n) is 3.74. The van der Waals surface area contributed by atoms with Gasteiger partial charge in [-0.25, -0.2) is 12.7 Å². The number of sulfonamides is 1. The molecule has 0 N–H and O–H groups in total. The summed E-state index contributed by atoms with van der Waals surface area (Å²) in [6.45, 7) is 0.302. The number of rotatable bonds is 2. The number of nitrogens with zero attached hydrogens (tertiary/aromatic N) is 1. The number of hydrogen-bond acceptors (Lipinski definition) is 3. The maximum absolute atomic E-state index is 12.1. The molecule has 1 aliphatic heterocycles. The average molecular weight is 239 g/mol. The van der Waals surface area contributed by atoms with Crippen LogP contribution in [-0.2, 0) is 14.8 Å². The summed E-state index contributed by atoms with van der Waals surface area (Å²) in [6.07, 6.45) is 1.85. The van der Waals surface area contributed by atoms with Crippen molar-refractivity contribution in [1.82, 2.24) is 4.31 Å². The minimum atomic E-state index is -3.63. The van der Waals surface area contributed by atoms with Gasteiger partial charge in [-0.3, -0.25) is 4.79 Å². The van der Waals surface area contributed by atoms with E-state index in [-0.39, 0.29) is 10.8 Å². The Hall–Kier alpha value is -1.36. The fourth-order valence-corrected chi connectivity index (χ4v) is 3.24. The van der Waals surface area contributed by atoms with E-state index in [0.717, 1.165) is 17.1 Å². The Morgan fingerprint density at radius 2 is 1.75 bits per heavy atom. The first-order valence-corrected chi connectivity index (χ1v) is 6.67. The predicted octanol–water partition coefficient (Wildman–Crippen LogP) is 1.39. The van der Waals surface area contributed by atoms with Gasteiger partial charge in [0.2, 0.25) is 5.91 Å². The van der Waals surface area contributed by atoms with Gasteiger partial charge in [0.1, 0.15) is 0 Å². The lowest BCUT2D eigenvalue weighted by Gasteiger charge is -2.25. The summed E-state index contributed by atoms with van der Waals surface area (Å²) in [5.41, 5.74) is 0. The lowest BCUT2D eigenvalue weighted by Crippen LogP contribution is -2.40. The van der Waals surface area contributed by atoms with Gasteiger partial charge in [0.05, 0.1) is 4.90 Å². The van der Waals surface area contributed by atoms with Gasteiger partial charge in [-0.05, 0) is 25.0 Å². The van der Waals surface area contributed by atoms with Crippen molar-refractivity contribution in [3.05, 3.63) is 30.3 Å². The first-order chi connectivity index (χ1) is 7.62. The normalized spacial score (nSPS) is 17.5. The van der Waals surface area contributed by atoms with Crippen LogP contribution in [0.15, 0.2) is 35.2 Å². The van der Waals surface area contributed by atoms with Crippen LogP contribution >= 0.6 is 0 Å². The zero-order valence-electron chi connectivity index (χ0n) is 8.80. The van der Waals surface area contributed by atoms with Crippen molar-refractivity contribution in [3.8, 4) is 0 Å². The van der Waals surface area contributed by atoms with Crippen LogP contribution in [0.2, 0.25) is 0 Å². The van der Waals surface area contributed by atoms with Crippen LogP contribution in [-0.4, -0.2) is 25.2 Å². The van der Waals surface area contributed by atoms with Crippen molar-refractivity contribution in [2.75, 3.05) is 6.54 Å². The topological polar surface area (TPSA) is 54.5 Å². The number of hydrogen-bond donors (Lipinski definition) is 0. The molecular formula is C11H13NO3S. The second-order valence-corrected chi connectivity index (χ2v) is 5.60. The van der Waals surface area contributed by atoms with E-state index in [2.05, 4.69) is 0 Å². The third-order valence-corrected chi connectivity index (χ3v) is 4.45. The molecular weight excluding hydrogens is 226 g/mol. The van der Waals surface area contributed by atoms with Crippen molar-refractivity contribution in [3.63, 3.8) is 0 Å². The van der Waals surface area contributed by atoms with E-state index in [9.17, 15) is 13.2 Å². The largest absolute Gasteiger partial charge is 0.274 e. The number of amides is 1. The molecule has 1 heterocycles. The molecule has 1 aromatic carbocycles. The van der Waals surface area contributed by atoms with Gasteiger partial charge in [0.15, 0.2) is 0 Å². The molecule has 2 rings (SSSR count). The van der Waals surface area contributed by atoms with Crippen LogP contribution < -0.4 is 0 Å². The Balaban J connectivity index is 2.35. The molecule has 5 heteroatoms. The van der Waals surface area contributed by atoms with E-state index in [4.69, 9.17) is 0 Å². The Labute approximate surface area is 94.9 Å². The number of carbonyl (C=O) groups is 1. The van der Waals surface area contributed by atoms with Crippen molar-refractivity contribution in [2.45, 2.75) is 24.2 Å². The lowest BCUT2D eigenvalue weighted by molar-refractivity contribution is -0.128. The Morgan fingerprint density at radius 3 is 2.38 bits per heavy atom. The Morgan fingerprint density at radius 1 is 1.06 bits per heavy atom. The van der Waals surface area contributed by atoms with Crippen molar-refractivity contribution < 1.29 is 13.2 Å². The number of carbonyl (C=O) groups excluding carboxylic acids is 1. The molecule has 16 heavy (non-hydrogen) atoms. The van der Waals surface area contributed by atoms with Gasteiger partial charge in [-0.1, -0.05) is 18.2 Å². The molecule has 1 saturated heterocycles. The van der Waals surface area contributed by atoms with E-state index >= 15 is 0 Å². The molecule has 1 aliphatic rings. The van der Waals surface area contributed by atoms with Crippen LogP contribution in [0.25, 0.3) is 0 Å². The standard InChI is InChI=1S/C11H13NO3S/c13-11-8-4-5-9-12(11)16(14,15)10-6-2-1-3-7-10/h1-3,6-7H,4-5,8-9H2. The summed E-state index contributed by atoms with van der Waals surface area (Å²) in [5.74, 6) is -0.296. The molecule has 86 valence electrons. The second kappa shape index (κ2) is 4.25. The molecule has 0 aliphatic carbocycles. The molecule has 0 unspecified atom stereocenters. The zero-order valence-corrected chi connectivity index (χ0v) is 9.61. The first-order valence-electron chi connectivity index (χ1n) is 5.23. The highest BCUT2D eigenvalue weighted by Gasteiger charge is 2.30. The van der Waals surface area contributed by atoms with Gasteiger partial charge in [0.25, 0.3) is 10.0 Å². The first kappa shape index (κ1) is 11.1. The quantitative estimate of drug-likeness (QED) is 0.783. The van der Waals surface area contributed by atoms with E-state index < -0.39 is 10.0 Å². The van der Waals surface area contributed by atoms with Gasteiger partial charge >= 0.3 is 0 Å².